The number of aromatic nitrogens is 2. The fourth-order valence-electron chi connectivity index (χ4n) is 2.18. The summed E-state index contributed by atoms with van der Waals surface area (Å²) in [4.78, 5) is 34.5. The second-order valence-electron chi connectivity index (χ2n) is 5.19. The van der Waals surface area contributed by atoms with Crippen molar-refractivity contribution in [2.24, 2.45) is 0 Å². The molecule has 1 aliphatic rings. The second kappa shape index (κ2) is 7.37. The second-order valence-corrected chi connectivity index (χ2v) is 6.02. The Morgan fingerprint density at radius 1 is 1.12 bits per heavy atom. The summed E-state index contributed by atoms with van der Waals surface area (Å²) >= 11 is 1.39. The van der Waals surface area contributed by atoms with Crippen LogP contribution in [0.25, 0.3) is 0 Å². The topological polar surface area (TPSA) is 96.5 Å². The number of hydrazine groups is 1. The highest BCUT2D eigenvalue weighted by Crippen LogP contribution is 2.21. The molecule has 2 amide bonds. The lowest BCUT2D eigenvalue weighted by atomic mass is 10.3. The number of morpholine rings is 1. The van der Waals surface area contributed by atoms with Crippen LogP contribution < -0.4 is 15.8 Å². The third-order valence-corrected chi connectivity index (χ3v) is 4.32. The maximum absolute atomic E-state index is 12.1. The molecule has 8 nitrogen and oxygen atoms in total. The minimum absolute atomic E-state index is 0.239. The molecule has 0 atom stereocenters. The molecule has 1 fully saturated rings. The lowest BCUT2D eigenvalue weighted by Crippen LogP contribution is -2.42. The molecule has 3 rings (SSSR count). The molecule has 9 heteroatoms. The van der Waals surface area contributed by atoms with Gasteiger partial charge in [-0.3, -0.25) is 20.4 Å². The van der Waals surface area contributed by atoms with E-state index in [0.29, 0.717) is 13.2 Å². The minimum Gasteiger partial charge on any atom is -0.378 e. The van der Waals surface area contributed by atoms with Crippen LogP contribution in [0.5, 0.6) is 0 Å². The number of thiazole rings is 1. The van der Waals surface area contributed by atoms with Gasteiger partial charge < -0.3 is 9.64 Å². The fourth-order valence-corrected chi connectivity index (χ4v) is 3.04. The Bertz CT molecular complexity index is 742. The molecule has 126 valence electrons. The number of hydrogen-bond acceptors (Lipinski definition) is 7. The van der Waals surface area contributed by atoms with Crippen LogP contribution in [-0.2, 0) is 4.74 Å². The van der Waals surface area contributed by atoms with Crippen LogP contribution in [0, 0.1) is 6.92 Å². The van der Waals surface area contributed by atoms with Crippen LogP contribution >= 0.6 is 11.3 Å². The molecule has 3 heterocycles. The van der Waals surface area contributed by atoms with Crippen LogP contribution in [-0.4, -0.2) is 48.1 Å². The third kappa shape index (κ3) is 3.87. The zero-order valence-corrected chi connectivity index (χ0v) is 13.9. The lowest BCUT2D eigenvalue weighted by Gasteiger charge is -2.25. The summed E-state index contributed by atoms with van der Waals surface area (Å²) in [7, 11) is 0. The average molecular weight is 347 g/mol. The number of carbonyl (C=O) groups excluding carboxylic acids is 2. The quantitative estimate of drug-likeness (QED) is 0.796. The molecule has 0 spiro atoms. The maximum atomic E-state index is 12.1. The van der Waals surface area contributed by atoms with Crippen molar-refractivity contribution in [3.8, 4) is 0 Å². The molecule has 2 aromatic rings. The first-order chi connectivity index (χ1) is 11.6. The normalized spacial score (nSPS) is 14.3. The third-order valence-electron chi connectivity index (χ3n) is 3.42. The van der Waals surface area contributed by atoms with Gasteiger partial charge in [-0.15, -0.1) is 11.3 Å². The molecule has 0 bridgehead atoms. The highest BCUT2D eigenvalue weighted by atomic mass is 32.1. The van der Waals surface area contributed by atoms with Gasteiger partial charge in [-0.05, 0) is 19.1 Å². The summed E-state index contributed by atoms with van der Waals surface area (Å²) in [5, 5.41) is 2.44. The summed E-state index contributed by atoms with van der Waals surface area (Å²) in [6, 6.07) is 5.10. The first-order valence-corrected chi connectivity index (χ1v) is 8.34. The molecule has 2 N–H and O–H groups in total. The number of amides is 2. The van der Waals surface area contributed by atoms with E-state index in [1.165, 1.54) is 11.3 Å². The Hall–Kier alpha value is -2.52. The fraction of sp³-hybridized carbons (Fsp3) is 0.333. The zero-order valence-electron chi connectivity index (χ0n) is 13.1. The van der Waals surface area contributed by atoms with Gasteiger partial charge in [-0.2, -0.15) is 0 Å². The van der Waals surface area contributed by atoms with Crippen LogP contribution in [0.3, 0.4) is 0 Å². The number of nitrogens with zero attached hydrogens (tertiary/aromatic N) is 3. The Labute approximate surface area is 142 Å². The highest BCUT2D eigenvalue weighted by Gasteiger charge is 2.18. The predicted molar refractivity (Wildman–Crippen MR) is 89.1 cm³/mol. The summed E-state index contributed by atoms with van der Waals surface area (Å²) in [6.07, 6.45) is 0. The first kappa shape index (κ1) is 16.3. The SMILES string of the molecule is Cc1cccc(C(=O)NNC(=O)c2csc(N3CCOCC3)n2)n1. The van der Waals surface area contributed by atoms with Gasteiger partial charge in [0.2, 0.25) is 0 Å². The van der Waals surface area contributed by atoms with Crippen LogP contribution in [0.2, 0.25) is 0 Å². The Morgan fingerprint density at radius 3 is 2.54 bits per heavy atom. The highest BCUT2D eigenvalue weighted by molar-refractivity contribution is 7.13. The molecule has 0 saturated carbocycles. The van der Waals surface area contributed by atoms with E-state index in [1.54, 1.807) is 30.5 Å². The van der Waals surface area contributed by atoms with Gasteiger partial charge in [0.25, 0.3) is 11.8 Å². The van der Waals surface area contributed by atoms with Crippen molar-refractivity contribution in [3.63, 3.8) is 0 Å². The molecule has 0 unspecified atom stereocenters. The monoisotopic (exact) mass is 347 g/mol. The molecular weight excluding hydrogens is 330 g/mol. The molecule has 0 radical (unpaired) electrons. The molecule has 24 heavy (non-hydrogen) atoms. The summed E-state index contributed by atoms with van der Waals surface area (Å²) < 4.78 is 5.29. The first-order valence-electron chi connectivity index (χ1n) is 7.46. The molecule has 0 aliphatic carbocycles. The minimum atomic E-state index is -0.476. The number of ether oxygens (including phenoxy) is 1. The van der Waals surface area contributed by atoms with Crippen molar-refractivity contribution in [3.05, 3.63) is 40.7 Å². The van der Waals surface area contributed by atoms with E-state index in [4.69, 9.17) is 4.74 Å². The van der Waals surface area contributed by atoms with E-state index in [-0.39, 0.29) is 11.4 Å². The van der Waals surface area contributed by atoms with Gasteiger partial charge in [0.05, 0.1) is 13.2 Å². The van der Waals surface area contributed by atoms with Gasteiger partial charge in [-0.25, -0.2) is 9.97 Å². The predicted octanol–water partition coefficient (Wildman–Crippen LogP) is 0.758. The molecule has 1 saturated heterocycles. The van der Waals surface area contributed by atoms with E-state index in [2.05, 4.69) is 25.7 Å². The molecule has 1 aliphatic heterocycles. The molecule has 2 aromatic heterocycles. The van der Waals surface area contributed by atoms with Gasteiger partial charge in [0, 0.05) is 24.2 Å². The number of pyridine rings is 1. The van der Waals surface area contributed by atoms with Gasteiger partial charge in [0.1, 0.15) is 11.4 Å². The van der Waals surface area contributed by atoms with E-state index < -0.39 is 11.8 Å². The van der Waals surface area contributed by atoms with E-state index in [9.17, 15) is 9.59 Å². The number of rotatable bonds is 3. The Kier molecular flexibility index (Phi) is 5.02. The number of aryl methyl sites for hydroxylation is 1. The Balaban J connectivity index is 1.57. The van der Waals surface area contributed by atoms with E-state index in [1.807, 2.05) is 0 Å². The lowest BCUT2D eigenvalue weighted by molar-refractivity contribution is 0.0841. The van der Waals surface area contributed by atoms with Gasteiger partial charge in [-0.1, -0.05) is 6.07 Å². The van der Waals surface area contributed by atoms with Crippen LogP contribution in [0.1, 0.15) is 26.7 Å². The summed E-state index contributed by atoms with van der Waals surface area (Å²) in [5.41, 5.74) is 5.93. The Morgan fingerprint density at radius 2 is 1.83 bits per heavy atom. The summed E-state index contributed by atoms with van der Waals surface area (Å²) in [6.45, 7) is 4.60. The van der Waals surface area contributed by atoms with Crippen molar-refractivity contribution in [2.45, 2.75) is 6.92 Å². The van der Waals surface area contributed by atoms with Gasteiger partial charge in [0.15, 0.2) is 5.13 Å². The number of nitrogens with one attached hydrogen (secondary N) is 2. The van der Waals surface area contributed by atoms with Gasteiger partial charge >= 0.3 is 0 Å². The largest absolute Gasteiger partial charge is 0.378 e. The van der Waals surface area contributed by atoms with Crippen LogP contribution in [0.15, 0.2) is 23.6 Å². The molecular formula is C15H17N5O3S. The van der Waals surface area contributed by atoms with Crippen LogP contribution in [0.4, 0.5) is 5.13 Å². The van der Waals surface area contributed by atoms with E-state index >= 15 is 0 Å². The van der Waals surface area contributed by atoms with Crippen molar-refractivity contribution < 1.29 is 14.3 Å². The number of carbonyl (C=O) groups is 2. The zero-order chi connectivity index (χ0) is 16.9. The summed E-state index contributed by atoms with van der Waals surface area (Å²) in [5.74, 6) is -0.942. The smallest absolute Gasteiger partial charge is 0.289 e. The van der Waals surface area contributed by atoms with Crippen molar-refractivity contribution in [1.29, 1.82) is 0 Å². The standard InChI is InChI=1S/C15H17N5O3S/c1-10-3-2-4-11(16-10)13(21)18-19-14(22)12-9-24-15(17-12)20-5-7-23-8-6-20/h2-4,9H,5-8H2,1H3,(H,18,21)(H,19,22). The van der Waals surface area contributed by atoms with Crippen molar-refractivity contribution in [1.82, 2.24) is 20.8 Å². The number of anilines is 1. The average Bonchev–Trinajstić information content (AvgIpc) is 3.10. The maximum Gasteiger partial charge on any atom is 0.289 e. The number of hydrogen-bond donors (Lipinski definition) is 2. The van der Waals surface area contributed by atoms with Crippen molar-refractivity contribution >= 4 is 28.3 Å². The molecule has 0 aromatic carbocycles. The van der Waals surface area contributed by atoms with Crippen molar-refractivity contribution in [2.75, 3.05) is 31.2 Å². The van der Waals surface area contributed by atoms with E-state index in [0.717, 1.165) is 23.9 Å².